The topological polar surface area (TPSA) is 90.4 Å². The molecule has 0 amide bonds. The molecule has 0 aliphatic carbocycles. The highest BCUT2D eigenvalue weighted by Gasteiger charge is 2.36. The van der Waals surface area contributed by atoms with E-state index in [-0.39, 0.29) is 12.4 Å². The number of benzene rings is 1. The molecule has 142 valence electrons. The van der Waals surface area contributed by atoms with E-state index in [4.69, 9.17) is 16.2 Å². The molecule has 0 atom stereocenters. The van der Waals surface area contributed by atoms with E-state index in [0.717, 1.165) is 56.4 Å². The summed E-state index contributed by atoms with van der Waals surface area (Å²) in [5, 5.41) is 16.6. The van der Waals surface area contributed by atoms with E-state index in [2.05, 4.69) is 24.1 Å². The summed E-state index contributed by atoms with van der Waals surface area (Å²) in [6.07, 6.45) is 4.73. The van der Waals surface area contributed by atoms with Crippen molar-refractivity contribution in [3.05, 3.63) is 29.8 Å². The fourth-order valence-corrected chi connectivity index (χ4v) is 4.65. The Morgan fingerprint density at radius 3 is 2.19 bits per heavy atom. The fraction of sp³-hybridized carbons (Fsp3) is 0.600. The average Bonchev–Trinajstić information content (AvgIpc) is 2.62. The van der Waals surface area contributed by atoms with Crippen LogP contribution in [0.1, 0.15) is 31.2 Å². The van der Waals surface area contributed by atoms with E-state index in [1.165, 1.54) is 18.5 Å². The monoisotopic (exact) mass is 359 g/mol. The third-order valence-corrected chi connectivity index (χ3v) is 6.35. The maximum atomic E-state index is 11.0. The lowest BCUT2D eigenvalue weighted by Crippen LogP contribution is -2.53. The van der Waals surface area contributed by atoms with Crippen LogP contribution in [0.5, 0.6) is 0 Å². The second-order valence-corrected chi connectivity index (χ2v) is 8.24. The van der Waals surface area contributed by atoms with E-state index in [0.29, 0.717) is 4.48 Å². The number of quaternary nitrogens is 1. The number of aliphatic carboxylic acids is 1. The van der Waals surface area contributed by atoms with Crippen molar-refractivity contribution < 1.29 is 14.4 Å². The van der Waals surface area contributed by atoms with Crippen molar-refractivity contribution in [2.75, 3.05) is 44.7 Å². The molecular formula is C20H31N4O2+. The Balaban J connectivity index is 1.50. The Bertz CT molecular complexity index is 642. The lowest BCUT2D eigenvalue weighted by molar-refractivity contribution is -0.908. The van der Waals surface area contributed by atoms with E-state index in [1.807, 2.05) is 12.1 Å². The standard InChI is InChI=1S/C20H30N4O2/c1-24(14-19(25)26)12-8-16(9-13-24)15-6-10-23(11-7-15)18-4-2-17(3-5-18)20(21)22/h2-5,15-16H,6-14H2,1H3,(H3-,21,22,25,26)/p+1. The molecule has 2 fully saturated rings. The highest BCUT2D eigenvalue weighted by Crippen LogP contribution is 2.35. The van der Waals surface area contributed by atoms with Gasteiger partial charge in [0, 0.05) is 24.3 Å². The van der Waals surface area contributed by atoms with E-state index in [9.17, 15) is 4.79 Å². The summed E-state index contributed by atoms with van der Waals surface area (Å²) in [6, 6.07) is 7.97. The van der Waals surface area contributed by atoms with Gasteiger partial charge in [-0.05, 0) is 61.8 Å². The third-order valence-electron chi connectivity index (χ3n) is 6.35. The van der Waals surface area contributed by atoms with Crippen molar-refractivity contribution in [3.8, 4) is 0 Å². The molecule has 0 spiro atoms. The molecule has 0 bridgehead atoms. The van der Waals surface area contributed by atoms with E-state index < -0.39 is 5.97 Å². The molecule has 1 aromatic carbocycles. The first-order valence-corrected chi connectivity index (χ1v) is 9.61. The van der Waals surface area contributed by atoms with Gasteiger partial charge in [0.05, 0.1) is 20.1 Å². The number of nitrogens with zero attached hydrogens (tertiary/aromatic N) is 2. The van der Waals surface area contributed by atoms with Crippen molar-refractivity contribution in [1.29, 1.82) is 5.41 Å². The summed E-state index contributed by atoms with van der Waals surface area (Å²) in [5.41, 5.74) is 7.51. The van der Waals surface area contributed by atoms with E-state index in [1.54, 1.807) is 0 Å². The first-order valence-electron chi connectivity index (χ1n) is 9.61. The predicted molar refractivity (Wildman–Crippen MR) is 104 cm³/mol. The zero-order chi connectivity index (χ0) is 18.7. The minimum Gasteiger partial charge on any atom is -0.477 e. The van der Waals surface area contributed by atoms with Crippen LogP contribution in [-0.4, -0.2) is 61.2 Å². The van der Waals surface area contributed by atoms with Gasteiger partial charge in [-0.1, -0.05) is 0 Å². The van der Waals surface area contributed by atoms with Crippen molar-refractivity contribution in [3.63, 3.8) is 0 Å². The highest BCUT2D eigenvalue weighted by molar-refractivity contribution is 5.95. The van der Waals surface area contributed by atoms with Gasteiger partial charge in [-0.3, -0.25) is 5.41 Å². The number of piperidine rings is 2. The van der Waals surface area contributed by atoms with Gasteiger partial charge < -0.3 is 20.2 Å². The van der Waals surface area contributed by atoms with E-state index >= 15 is 0 Å². The molecule has 0 aromatic heterocycles. The Morgan fingerprint density at radius 1 is 1.15 bits per heavy atom. The van der Waals surface area contributed by atoms with Gasteiger partial charge in [-0.2, -0.15) is 0 Å². The van der Waals surface area contributed by atoms with Gasteiger partial charge in [0.2, 0.25) is 0 Å². The molecule has 0 radical (unpaired) electrons. The zero-order valence-corrected chi connectivity index (χ0v) is 15.7. The van der Waals surface area contributed by atoms with Crippen LogP contribution in [0, 0.1) is 17.2 Å². The van der Waals surface area contributed by atoms with Gasteiger partial charge >= 0.3 is 5.97 Å². The number of nitrogen functional groups attached to an aromatic ring is 1. The zero-order valence-electron chi connectivity index (χ0n) is 15.7. The summed E-state index contributed by atoms with van der Waals surface area (Å²) in [6.45, 7) is 4.37. The normalized spacial score (nSPS) is 27.3. The average molecular weight is 359 g/mol. The molecule has 0 unspecified atom stereocenters. The lowest BCUT2D eigenvalue weighted by atomic mass is 9.78. The molecular weight excluding hydrogens is 328 g/mol. The first kappa shape index (κ1) is 18.7. The Labute approximate surface area is 155 Å². The summed E-state index contributed by atoms with van der Waals surface area (Å²) in [5.74, 6) is 0.939. The molecule has 6 heteroatoms. The van der Waals surface area contributed by atoms with Crippen LogP contribution in [-0.2, 0) is 4.79 Å². The summed E-state index contributed by atoms with van der Waals surface area (Å²) >= 11 is 0. The van der Waals surface area contributed by atoms with Gasteiger partial charge in [-0.25, -0.2) is 4.79 Å². The molecule has 4 N–H and O–H groups in total. The summed E-state index contributed by atoms with van der Waals surface area (Å²) < 4.78 is 0.688. The maximum absolute atomic E-state index is 11.0. The van der Waals surface area contributed by atoms with Gasteiger partial charge in [0.15, 0.2) is 6.54 Å². The van der Waals surface area contributed by atoms with Gasteiger partial charge in [0.1, 0.15) is 5.84 Å². The molecule has 2 saturated heterocycles. The van der Waals surface area contributed by atoms with Gasteiger partial charge in [-0.15, -0.1) is 0 Å². The minimum absolute atomic E-state index is 0.112. The molecule has 3 rings (SSSR count). The molecule has 26 heavy (non-hydrogen) atoms. The fourth-order valence-electron chi connectivity index (χ4n) is 4.65. The van der Waals surface area contributed by atoms with Crippen LogP contribution in [0.25, 0.3) is 0 Å². The number of amidine groups is 1. The van der Waals surface area contributed by atoms with Crippen molar-refractivity contribution in [2.45, 2.75) is 25.7 Å². The van der Waals surface area contributed by atoms with Crippen molar-refractivity contribution in [2.24, 2.45) is 17.6 Å². The second kappa shape index (κ2) is 7.66. The van der Waals surface area contributed by atoms with Crippen LogP contribution in [0.2, 0.25) is 0 Å². The van der Waals surface area contributed by atoms with Crippen molar-refractivity contribution >= 4 is 17.5 Å². The minimum atomic E-state index is -0.685. The van der Waals surface area contributed by atoms with Crippen molar-refractivity contribution in [1.82, 2.24) is 0 Å². The van der Waals surface area contributed by atoms with Crippen LogP contribution < -0.4 is 10.6 Å². The second-order valence-electron chi connectivity index (χ2n) is 8.24. The predicted octanol–water partition coefficient (Wildman–Crippen LogP) is 2.13. The lowest BCUT2D eigenvalue weighted by Gasteiger charge is -2.43. The first-order chi connectivity index (χ1) is 12.4. The van der Waals surface area contributed by atoms with Crippen LogP contribution in [0.3, 0.4) is 0 Å². The number of nitrogens with one attached hydrogen (secondary N) is 1. The van der Waals surface area contributed by atoms with Gasteiger partial charge in [0.25, 0.3) is 0 Å². The molecule has 2 aliphatic rings. The van der Waals surface area contributed by atoms with Crippen LogP contribution in [0.15, 0.2) is 24.3 Å². The largest absolute Gasteiger partial charge is 0.477 e. The molecule has 6 nitrogen and oxygen atoms in total. The number of likely N-dealkylation sites (N-methyl/N-ethyl adjacent to an activating group) is 1. The molecule has 0 saturated carbocycles. The highest BCUT2D eigenvalue weighted by atomic mass is 16.4. The number of nitrogens with two attached hydrogens (primary N) is 1. The number of hydrogen-bond acceptors (Lipinski definition) is 3. The third kappa shape index (κ3) is 4.36. The Morgan fingerprint density at radius 2 is 1.69 bits per heavy atom. The number of hydrogen-bond donors (Lipinski definition) is 3. The maximum Gasteiger partial charge on any atom is 0.359 e. The quantitative estimate of drug-likeness (QED) is 0.427. The molecule has 2 heterocycles. The molecule has 1 aromatic rings. The van der Waals surface area contributed by atoms with Crippen LogP contribution >= 0.6 is 0 Å². The molecule has 2 aliphatic heterocycles. The number of carboxylic acids is 1. The number of anilines is 1. The number of carbonyl (C=O) groups is 1. The number of rotatable bonds is 5. The Kier molecular flexibility index (Phi) is 5.51. The summed E-state index contributed by atoms with van der Waals surface area (Å²) in [4.78, 5) is 13.5. The smallest absolute Gasteiger partial charge is 0.359 e. The number of likely N-dealkylation sites (tertiary alicyclic amines) is 1. The Hall–Kier alpha value is -2.08. The number of carboxylic acid groups (broad SMARTS) is 1. The van der Waals surface area contributed by atoms with Crippen LogP contribution in [0.4, 0.5) is 5.69 Å². The SMILES string of the molecule is C[N+]1(CC(=O)O)CCC(C2CCN(c3ccc(C(=N)N)cc3)CC2)CC1. The summed E-state index contributed by atoms with van der Waals surface area (Å²) in [7, 11) is 2.08.